The topological polar surface area (TPSA) is 38.9 Å². The van der Waals surface area contributed by atoms with E-state index in [9.17, 15) is 0 Å². The van der Waals surface area contributed by atoms with Gasteiger partial charge in [0.2, 0.25) is 0 Å². The summed E-state index contributed by atoms with van der Waals surface area (Å²) < 4.78 is 0.870. The number of pyridine rings is 1. The first-order valence-electron chi connectivity index (χ1n) is 4.14. The van der Waals surface area contributed by atoms with Gasteiger partial charge in [0.25, 0.3) is 0 Å². The standard InChI is InChI=1S/C9H11BrN2.ClH/c10-8-4-3-7(5-12-8)9(11)6-1-2-6;/h3-6,9H,1-2,11H2;1H/t9-;/m0./s1. The van der Waals surface area contributed by atoms with Gasteiger partial charge in [0.05, 0.1) is 0 Å². The first kappa shape index (κ1) is 11.0. The third-order valence-electron chi connectivity index (χ3n) is 2.27. The van der Waals surface area contributed by atoms with Crippen molar-refractivity contribution in [2.45, 2.75) is 18.9 Å². The van der Waals surface area contributed by atoms with Crippen molar-refractivity contribution in [3.63, 3.8) is 0 Å². The Morgan fingerprint density at radius 2 is 2.15 bits per heavy atom. The van der Waals surface area contributed by atoms with Crippen LogP contribution in [0.15, 0.2) is 22.9 Å². The molecule has 0 saturated heterocycles. The van der Waals surface area contributed by atoms with Crippen LogP contribution in [0.25, 0.3) is 0 Å². The third-order valence-corrected chi connectivity index (χ3v) is 2.73. The quantitative estimate of drug-likeness (QED) is 0.833. The predicted octanol–water partition coefficient (Wildman–Crippen LogP) is 2.68. The van der Waals surface area contributed by atoms with E-state index in [0.29, 0.717) is 5.92 Å². The lowest BCUT2D eigenvalue weighted by Gasteiger charge is -2.09. The van der Waals surface area contributed by atoms with Crippen molar-refractivity contribution in [2.75, 3.05) is 0 Å². The van der Waals surface area contributed by atoms with Gasteiger partial charge in [-0.15, -0.1) is 12.4 Å². The first-order valence-corrected chi connectivity index (χ1v) is 4.93. The van der Waals surface area contributed by atoms with E-state index in [4.69, 9.17) is 5.73 Å². The molecule has 1 saturated carbocycles. The molecule has 0 aliphatic heterocycles. The number of hydrogen-bond donors (Lipinski definition) is 1. The van der Waals surface area contributed by atoms with Crippen LogP contribution >= 0.6 is 28.3 Å². The van der Waals surface area contributed by atoms with Crippen molar-refractivity contribution in [3.05, 3.63) is 28.5 Å². The van der Waals surface area contributed by atoms with Crippen molar-refractivity contribution in [1.82, 2.24) is 4.98 Å². The molecule has 0 amide bonds. The fourth-order valence-corrected chi connectivity index (χ4v) is 1.55. The van der Waals surface area contributed by atoms with Crippen LogP contribution < -0.4 is 5.73 Å². The van der Waals surface area contributed by atoms with E-state index in [1.165, 1.54) is 12.8 Å². The number of rotatable bonds is 2. The zero-order valence-electron chi connectivity index (χ0n) is 7.11. The Hall–Kier alpha value is -0.120. The number of nitrogens with zero attached hydrogens (tertiary/aromatic N) is 1. The molecule has 1 aromatic heterocycles. The maximum Gasteiger partial charge on any atom is 0.106 e. The van der Waals surface area contributed by atoms with Gasteiger partial charge in [-0.25, -0.2) is 4.98 Å². The van der Waals surface area contributed by atoms with Gasteiger partial charge in [-0.1, -0.05) is 6.07 Å². The molecule has 2 nitrogen and oxygen atoms in total. The molecule has 0 radical (unpaired) electrons. The molecular weight excluding hydrogens is 251 g/mol. The Bertz CT molecular complexity index is 271. The Labute approximate surface area is 92.5 Å². The molecule has 0 bridgehead atoms. The highest BCUT2D eigenvalue weighted by Gasteiger charge is 2.29. The van der Waals surface area contributed by atoms with E-state index in [1.807, 2.05) is 18.3 Å². The van der Waals surface area contributed by atoms with Crippen LogP contribution in [0.5, 0.6) is 0 Å². The lowest BCUT2D eigenvalue weighted by molar-refractivity contribution is 0.630. The second-order valence-electron chi connectivity index (χ2n) is 3.28. The Balaban J connectivity index is 0.000000845. The lowest BCUT2D eigenvalue weighted by Crippen LogP contribution is -2.12. The van der Waals surface area contributed by atoms with E-state index in [-0.39, 0.29) is 18.4 Å². The van der Waals surface area contributed by atoms with Crippen molar-refractivity contribution in [1.29, 1.82) is 0 Å². The minimum absolute atomic E-state index is 0. The summed E-state index contributed by atoms with van der Waals surface area (Å²) in [6.07, 6.45) is 4.40. The van der Waals surface area contributed by atoms with Gasteiger partial charge in [-0.3, -0.25) is 0 Å². The second-order valence-corrected chi connectivity index (χ2v) is 4.09. The van der Waals surface area contributed by atoms with Crippen LogP contribution in [-0.4, -0.2) is 4.98 Å². The maximum absolute atomic E-state index is 6.00. The monoisotopic (exact) mass is 262 g/mol. The highest BCUT2D eigenvalue weighted by molar-refractivity contribution is 9.10. The van der Waals surface area contributed by atoms with Crippen molar-refractivity contribution in [2.24, 2.45) is 11.7 Å². The molecule has 1 heterocycles. The number of aromatic nitrogens is 1. The van der Waals surface area contributed by atoms with Gasteiger partial charge in [0.1, 0.15) is 4.60 Å². The highest BCUT2D eigenvalue weighted by Crippen LogP contribution is 2.39. The molecule has 1 aromatic rings. The summed E-state index contributed by atoms with van der Waals surface area (Å²) in [6, 6.07) is 4.18. The van der Waals surface area contributed by atoms with E-state index in [2.05, 4.69) is 20.9 Å². The summed E-state index contributed by atoms with van der Waals surface area (Å²) in [7, 11) is 0. The van der Waals surface area contributed by atoms with Gasteiger partial charge in [0.15, 0.2) is 0 Å². The van der Waals surface area contributed by atoms with E-state index in [1.54, 1.807) is 0 Å². The molecule has 1 fully saturated rings. The normalized spacial score (nSPS) is 17.7. The molecule has 2 rings (SSSR count). The fraction of sp³-hybridized carbons (Fsp3) is 0.444. The molecule has 2 N–H and O–H groups in total. The highest BCUT2D eigenvalue weighted by atomic mass is 79.9. The van der Waals surface area contributed by atoms with Gasteiger partial charge >= 0.3 is 0 Å². The van der Waals surface area contributed by atoms with Crippen molar-refractivity contribution < 1.29 is 0 Å². The summed E-state index contributed by atoms with van der Waals surface area (Å²) in [5.41, 5.74) is 7.15. The minimum Gasteiger partial charge on any atom is -0.324 e. The van der Waals surface area contributed by atoms with Crippen LogP contribution in [-0.2, 0) is 0 Å². The molecule has 0 unspecified atom stereocenters. The summed E-state index contributed by atoms with van der Waals surface area (Å²) in [5.74, 6) is 0.702. The second kappa shape index (κ2) is 4.40. The summed E-state index contributed by atoms with van der Waals surface area (Å²) in [4.78, 5) is 4.15. The van der Waals surface area contributed by atoms with Crippen LogP contribution in [0.3, 0.4) is 0 Å². The number of nitrogens with two attached hydrogens (primary N) is 1. The van der Waals surface area contributed by atoms with Crippen molar-refractivity contribution >= 4 is 28.3 Å². The third kappa shape index (κ3) is 2.66. The first-order chi connectivity index (χ1) is 5.77. The molecule has 1 atom stereocenters. The molecule has 1 aliphatic carbocycles. The van der Waals surface area contributed by atoms with E-state index in [0.717, 1.165) is 10.2 Å². The zero-order chi connectivity index (χ0) is 8.55. The smallest absolute Gasteiger partial charge is 0.106 e. The largest absolute Gasteiger partial charge is 0.324 e. The molecule has 0 aromatic carbocycles. The van der Waals surface area contributed by atoms with Crippen LogP contribution in [0.2, 0.25) is 0 Å². The van der Waals surface area contributed by atoms with E-state index < -0.39 is 0 Å². The molecule has 1 aliphatic rings. The van der Waals surface area contributed by atoms with Crippen LogP contribution in [0.4, 0.5) is 0 Å². The summed E-state index contributed by atoms with van der Waals surface area (Å²) in [6.45, 7) is 0. The summed E-state index contributed by atoms with van der Waals surface area (Å²) >= 11 is 3.30. The molecule has 72 valence electrons. The molecular formula is C9H12BrClN2. The lowest BCUT2D eigenvalue weighted by atomic mass is 10.1. The maximum atomic E-state index is 6.00. The SMILES string of the molecule is Cl.N[C@H](c1ccc(Br)nc1)C1CC1. The Kier molecular flexibility index (Phi) is 3.71. The van der Waals surface area contributed by atoms with E-state index >= 15 is 0 Å². The van der Waals surface area contributed by atoms with Crippen LogP contribution in [0, 0.1) is 5.92 Å². The van der Waals surface area contributed by atoms with Gasteiger partial charge < -0.3 is 5.73 Å². The van der Waals surface area contributed by atoms with Crippen LogP contribution in [0.1, 0.15) is 24.4 Å². The Morgan fingerprint density at radius 3 is 2.62 bits per heavy atom. The van der Waals surface area contributed by atoms with Gasteiger partial charge in [-0.05, 0) is 46.3 Å². The average molecular weight is 264 g/mol. The fourth-order valence-electron chi connectivity index (χ4n) is 1.31. The molecule has 0 spiro atoms. The zero-order valence-corrected chi connectivity index (χ0v) is 9.51. The predicted molar refractivity (Wildman–Crippen MR) is 58.8 cm³/mol. The average Bonchev–Trinajstić information content (AvgIpc) is 2.87. The summed E-state index contributed by atoms with van der Waals surface area (Å²) in [5, 5.41) is 0. The number of hydrogen-bond acceptors (Lipinski definition) is 2. The molecule has 4 heteroatoms. The Morgan fingerprint density at radius 1 is 1.46 bits per heavy atom. The number of halogens is 2. The molecule has 13 heavy (non-hydrogen) atoms. The van der Waals surface area contributed by atoms with Gasteiger partial charge in [-0.2, -0.15) is 0 Å². The van der Waals surface area contributed by atoms with Gasteiger partial charge in [0, 0.05) is 12.2 Å². The van der Waals surface area contributed by atoms with Crippen molar-refractivity contribution in [3.8, 4) is 0 Å². The minimum atomic E-state index is 0.